The van der Waals surface area contributed by atoms with Crippen LogP contribution in [0.3, 0.4) is 0 Å². The molecule has 1 N–H and O–H groups in total. The van der Waals surface area contributed by atoms with Crippen molar-refractivity contribution in [2.45, 2.75) is 25.5 Å². The number of amidine groups is 1. The fourth-order valence-corrected chi connectivity index (χ4v) is 4.10. The summed E-state index contributed by atoms with van der Waals surface area (Å²) < 4.78 is 13.7. The number of amides is 2. The summed E-state index contributed by atoms with van der Waals surface area (Å²) in [6.45, 7) is 3.88. The number of halogens is 1. The molecule has 1 aliphatic heterocycles. The van der Waals surface area contributed by atoms with Crippen LogP contribution in [-0.2, 0) is 9.59 Å². The molecule has 30 heavy (non-hydrogen) atoms. The standard InChI is InChI=1S/C20H19FN4O4S/c1-3-24-19(27)17(11-18(26)22-15-7-5-4-6-14(15)21)30-20(24)23-16-10-13(25(28)29)9-8-12(16)2/h4-10,17H,3,11H2,1-2H3,(H,22,26). The van der Waals surface area contributed by atoms with Crippen molar-refractivity contribution in [1.82, 2.24) is 4.90 Å². The maximum Gasteiger partial charge on any atom is 0.271 e. The Kier molecular flexibility index (Phi) is 6.46. The Bertz CT molecular complexity index is 1040. The number of carbonyl (C=O) groups is 2. The molecule has 1 fully saturated rings. The Balaban J connectivity index is 1.79. The molecule has 2 amide bonds. The molecular weight excluding hydrogens is 411 g/mol. The number of nitro benzene ring substituents is 1. The number of aryl methyl sites for hydroxylation is 1. The van der Waals surface area contributed by atoms with E-state index in [1.165, 1.54) is 35.2 Å². The fourth-order valence-electron chi connectivity index (χ4n) is 2.88. The summed E-state index contributed by atoms with van der Waals surface area (Å²) in [5.74, 6) is -1.34. The van der Waals surface area contributed by atoms with Crippen LogP contribution in [0, 0.1) is 22.9 Å². The number of benzene rings is 2. The lowest BCUT2D eigenvalue weighted by molar-refractivity contribution is -0.384. The van der Waals surface area contributed by atoms with Crippen LogP contribution in [0.5, 0.6) is 0 Å². The van der Waals surface area contributed by atoms with Gasteiger partial charge in [0, 0.05) is 25.1 Å². The minimum Gasteiger partial charge on any atom is -0.324 e. The molecule has 0 aliphatic carbocycles. The van der Waals surface area contributed by atoms with E-state index in [0.29, 0.717) is 17.4 Å². The SMILES string of the molecule is CCN1C(=O)C(CC(=O)Nc2ccccc2F)SC1=Nc1cc([N+](=O)[O-])ccc1C. The van der Waals surface area contributed by atoms with Crippen molar-refractivity contribution < 1.29 is 18.9 Å². The molecule has 0 aromatic heterocycles. The maximum atomic E-state index is 13.7. The summed E-state index contributed by atoms with van der Waals surface area (Å²) in [6.07, 6.45) is -0.152. The number of anilines is 1. The van der Waals surface area contributed by atoms with E-state index in [9.17, 15) is 24.1 Å². The first-order valence-corrected chi connectivity index (χ1v) is 10.0. The van der Waals surface area contributed by atoms with E-state index < -0.39 is 21.9 Å². The van der Waals surface area contributed by atoms with Crippen molar-refractivity contribution in [2.24, 2.45) is 4.99 Å². The number of carbonyl (C=O) groups excluding carboxylic acids is 2. The van der Waals surface area contributed by atoms with Crippen molar-refractivity contribution >= 4 is 45.8 Å². The molecule has 2 aromatic carbocycles. The molecule has 1 atom stereocenters. The van der Waals surface area contributed by atoms with Gasteiger partial charge in [-0.25, -0.2) is 9.38 Å². The number of thioether (sulfide) groups is 1. The first kappa shape index (κ1) is 21.4. The molecule has 0 spiro atoms. The highest BCUT2D eigenvalue weighted by Crippen LogP contribution is 2.33. The predicted molar refractivity (Wildman–Crippen MR) is 113 cm³/mol. The van der Waals surface area contributed by atoms with Gasteiger partial charge in [0.05, 0.1) is 16.3 Å². The normalized spacial score (nSPS) is 17.4. The lowest BCUT2D eigenvalue weighted by atomic mass is 10.2. The van der Waals surface area contributed by atoms with Gasteiger partial charge in [-0.3, -0.25) is 24.6 Å². The first-order chi connectivity index (χ1) is 14.3. The first-order valence-electron chi connectivity index (χ1n) is 9.16. The third-order valence-corrected chi connectivity index (χ3v) is 5.65. The Hall–Kier alpha value is -3.27. The number of para-hydroxylation sites is 1. The zero-order valence-corrected chi connectivity index (χ0v) is 17.1. The summed E-state index contributed by atoms with van der Waals surface area (Å²) in [7, 11) is 0. The summed E-state index contributed by atoms with van der Waals surface area (Å²) in [6, 6.07) is 10.1. The van der Waals surface area contributed by atoms with Crippen molar-refractivity contribution in [3.63, 3.8) is 0 Å². The summed E-state index contributed by atoms with van der Waals surface area (Å²) in [5.41, 5.74) is 1.05. The van der Waals surface area contributed by atoms with Gasteiger partial charge in [0.1, 0.15) is 11.1 Å². The lowest BCUT2D eigenvalue weighted by Gasteiger charge is -2.13. The number of hydrogen-bond donors (Lipinski definition) is 1. The molecule has 2 aromatic rings. The van der Waals surface area contributed by atoms with Gasteiger partial charge in [-0.05, 0) is 31.5 Å². The quantitative estimate of drug-likeness (QED) is 0.550. The predicted octanol–water partition coefficient (Wildman–Crippen LogP) is 4.02. The lowest BCUT2D eigenvalue weighted by Crippen LogP contribution is -2.33. The molecule has 0 radical (unpaired) electrons. The summed E-state index contributed by atoms with van der Waals surface area (Å²) in [4.78, 5) is 41.4. The Labute approximate surface area is 176 Å². The average molecular weight is 430 g/mol. The van der Waals surface area contributed by atoms with Crippen molar-refractivity contribution in [2.75, 3.05) is 11.9 Å². The van der Waals surface area contributed by atoms with Gasteiger partial charge in [-0.2, -0.15) is 0 Å². The topological polar surface area (TPSA) is 105 Å². The highest BCUT2D eigenvalue weighted by atomic mass is 32.2. The molecule has 3 rings (SSSR count). The second-order valence-corrected chi connectivity index (χ2v) is 7.71. The van der Waals surface area contributed by atoms with E-state index in [4.69, 9.17) is 0 Å². The zero-order chi connectivity index (χ0) is 21.8. The van der Waals surface area contributed by atoms with Crippen molar-refractivity contribution in [3.8, 4) is 0 Å². The zero-order valence-electron chi connectivity index (χ0n) is 16.3. The smallest absolute Gasteiger partial charge is 0.271 e. The molecule has 8 nitrogen and oxygen atoms in total. The van der Waals surface area contributed by atoms with Gasteiger partial charge in [0.2, 0.25) is 11.8 Å². The van der Waals surface area contributed by atoms with Crippen LogP contribution in [0.2, 0.25) is 0 Å². The van der Waals surface area contributed by atoms with Crippen molar-refractivity contribution in [3.05, 3.63) is 64.0 Å². The van der Waals surface area contributed by atoms with Crippen LogP contribution in [0.15, 0.2) is 47.5 Å². The number of rotatable bonds is 6. The minimum atomic E-state index is -0.713. The molecule has 156 valence electrons. The second-order valence-electron chi connectivity index (χ2n) is 6.54. The van der Waals surface area contributed by atoms with E-state index >= 15 is 0 Å². The monoisotopic (exact) mass is 430 g/mol. The summed E-state index contributed by atoms with van der Waals surface area (Å²) in [5, 5.41) is 13.2. The van der Waals surface area contributed by atoms with E-state index in [1.807, 2.05) is 0 Å². The van der Waals surface area contributed by atoms with Crippen LogP contribution in [-0.4, -0.2) is 38.6 Å². The Morgan fingerprint density at radius 1 is 1.33 bits per heavy atom. The van der Waals surface area contributed by atoms with Gasteiger partial charge in [0.15, 0.2) is 5.17 Å². The Morgan fingerprint density at radius 2 is 2.07 bits per heavy atom. The highest BCUT2D eigenvalue weighted by Gasteiger charge is 2.38. The van der Waals surface area contributed by atoms with E-state index in [2.05, 4.69) is 10.3 Å². The third-order valence-electron chi connectivity index (χ3n) is 4.47. The molecule has 0 bridgehead atoms. The van der Waals surface area contributed by atoms with Gasteiger partial charge in [-0.1, -0.05) is 30.0 Å². The molecule has 10 heteroatoms. The number of nitrogens with zero attached hydrogens (tertiary/aromatic N) is 3. The molecule has 1 saturated heterocycles. The third kappa shape index (κ3) is 4.65. The molecule has 0 saturated carbocycles. The highest BCUT2D eigenvalue weighted by molar-refractivity contribution is 8.15. The fraction of sp³-hybridized carbons (Fsp3) is 0.250. The van der Waals surface area contributed by atoms with Crippen LogP contribution < -0.4 is 5.32 Å². The van der Waals surface area contributed by atoms with Crippen LogP contribution >= 0.6 is 11.8 Å². The van der Waals surface area contributed by atoms with Crippen LogP contribution in [0.1, 0.15) is 18.9 Å². The van der Waals surface area contributed by atoms with Crippen LogP contribution in [0.4, 0.5) is 21.5 Å². The molecule has 1 aliphatic rings. The van der Waals surface area contributed by atoms with Crippen LogP contribution in [0.25, 0.3) is 0 Å². The number of nitrogens with one attached hydrogen (secondary N) is 1. The van der Waals surface area contributed by atoms with Gasteiger partial charge >= 0.3 is 0 Å². The molecule has 1 heterocycles. The van der Waals surface area contributed by atoms with Crippen molar-refractivity contribution in [1.29, 1.82) is 0 Å². The Morgan fingerprint density at radius 3 is 2.73 bits per heavy atom. The molecule has 1 unspecified atom stereocenters. The van der Waals surface area contributed by atoms with Gasteiger partial charge < -0.3 is 5.32 Å². The number of nitro groups is 1. The summed E-state index contributed by atoms with van der Waals surface area (Å²) >= 11 is 1.11. The maximum absolute atomic E-state index is 13.7. The van der Waals surface area contributed by atoms with Gasteiger partial charge in [-0.15, -0.1) is 0 Å². The largest absolute Gasteiger partial charge is 0.324 e. The molecular formula is C20H19FN4O4S. The average Bonchev–Trinajstić information content (AvgIpc) is 2.99. The second kappa shape index (κ2) is 9.04. The van der Waals surface area contributed by atoms with Gasteiger partial charge in [0.25, 0.3) is 5.69 Å². The minimum absolute atomic E-state index is 0.0476. The number of hydrogen-bond acceptors (Lipinski definition) is 6. The van der Waals surface area contributed by atoms with E-state index in [-0.39, 0.29) is 23.7 Å². The van der Waals surface area contributed by atoms with E-state index in [1.54, 1.807) is 26.0 Å². The number of aliphatic imine (C=N–C) groups is 1. The number of non-ortho nitro benzene ring substituents is 1. The van der Waals surface area contributed by atoms with E-state index in [0.717, 1.165) is 17.3 Å².